The second-order valence-electron chi connectivity index (χ2n) is 10.2. The molecule has 5 aromatic rings. The number of carbonyl (C=O) groups excluding carboxylic acids is 1. The maximum Gasteiger partial charge on any atom is 0.238 e. The molecule has 1 aliphatic rings. The number of halogens is 2. The molecule has 1 fully saturated rings. The first-order chi connectivity index (χ1) is 20.2. The molecule has 3 N–H and O–H groups in total. The number of hydrogen-bond acceptors (Lipinski definition) is 9. The van der Waals surface area contributed by atoms with E-state index in [4.69, 9.17) is 21.3 Å². The van der Waals surface area contributed by atoms with E-state index in [9.17, 15) is 4.79 Å². The third-order valence-corrected chi connectivity index (χ3v) is 7.32. The summed E-state index contributed by atoms with van der Waals surface area (Å²) in [6, 6.07) is 6.55. The van der Waals surface area contributed by atoms with Gasteiger partial charge in [0.2, 0.25) is 23.0 Å². The van der Waals surface area contributed by atoms with Gasteiger partial charge in [-0.2, -0.15) is 10.1 Å². The number of nitrogens with zero attached hydrogens (tertiary/aromatic N) is 7. The van der Waals surface area contributed by atoms with Crippen LogP contribution >= 0.6 is 11.6 Å². The van der Waals surface area contributed by atoms with E-state index in [1.165, 1.54) is 12.3 Å². The SMILES string of the molecule is Cc1cnc(Nc2cc(C)n(C)n2)nc1-c1c[nH]c2c(NC(=O)CN3CCC(Oc4ccnc(Cl)n4)C3)c(F)ccc12. The van der Waals surface area contributed by atoms with E-state index < -0.39 is 5.82 Å². The first-order valence-electron chi connectivity index (χ1n) is 13.3. The van der Waals surface area contributed by atoms with Crippen LogP contribution in [0.2, 0.25) is 5.28 Å². The molecule has 1 saturated heterocycles. The lowest BCUT2D eigenvalue weighted by atomic mass is 10.1. The molecule has 0 saturated carbocycles. The highest BCUT2D eigenvalue weighted by atomic mass is 35.5. The summed E-state index contributed by atoms with van der Waals surface area (Å²) >= 11 is 5.83. The molecule has 42 heavy (non-hydrogen) atoms. The average molecular weight is 591 g/mol. The number of aromatic nitrogens is 7. The lowest BCUT2D eigenvalue weighted by Gasteiger charge is -2.16. The zero-order chi connectivity index (χ0) is 29.4. The minimum Gasteiger partial charge on any atom is -0.473 e. The van der Waals surface area contributed by atoms with E-state index in [-0.39, 0.29) is 29.5 Å². The van der Waals surface area contributed by atoms with Gasteiger partial charge in [-0.25, -0.2) is 19.3 Å². The van der Waals surface area contributed by atoms with Gasteiger partial charge in [-0.05, 0) is 49.6 Å². The van der Waals surface area contributed by atoms with Crippen LogP contribution in [0.3, 0.4) is 0 Å². The number of carbonyl (C=O) groups is 1. The van der Waals surface area contributed by atoms with Crippen molar-refractivity contribution >= 4 is 45.9 Å². The topological polar surface area (TPSA) is 139 Å². The molecule has 4 aromatic heterocycles. The largest absolute Gasteiger partial charge is 0.473 e. The summed E-state index contributed by atoms with van der Waals surface area (Å²) in [5.41, 5.74) is 3.80. The van der Waals surface area contributed by atoms with Crippen molar-refractivity contribution in [2.75, 3.05) is 30.3 Å². The van der Waals surface area contributed by atoms with E-state index in [1.807, 2.05) is 31.9 Å². The second kappa shape index (κ2) is 11.3. The number of aromatic amines is 1. The van der Waals surface area contributed by atoms with Crippen LogP contribution in [0.5, 0.6) is 5.88 Å². The Morgan fingerprint density at radius 3 is 2.88 bits per heavy atom. The van der Waals surface area contributed by atoms with Gasteiger partial charge in [0.15, 0.2) is 5.82 Å². The summed E-state index contributed by atoms with van der Waals surface area (Å²) in [4.78, 5) is 35.1. The van der Waals surface area contributed by atoms with Gasteiger partial charge >= 0.3 is 0 Å². The number of H-pyrrole nitrogens is 1. The van der Waals surface area contributed by atoms with Crippen molar-refractivity contribution in [2.24, 2.45) is 7.05 Å². The number of ether oxygens (including phenoxy) is 1. The van der Waals surface area contributed by atoms with Gasteiger partial charge in [0.05, 0.1) is 17.8 Å². The zero-order valence-corrected chi connectivity index (χ0v) is 23.9. The molecule has 12 nitrogen and oxygen atoms in total. The Kier molecular flexibility index (Phi) is 7.43. The third-order valence-electron chi connectivity index (χ3n) is 7.13. The Balaban J connectivity index is 1.17. The van der Waals surface area contributed by atoms with Crippen LogP contribution in [0, 0.1) is 19.7 Å². The van der Waals surface area contributed by atoms with Crippen LogP contribution in [0.4, 0.5) is 21.8 Å². The summed E-state index contributed by atoms with van der Waals surface area (Å²) in [5.74, 6) is 0.522. The number of aryl methyl sites for hydroxylation is 3. The molecule has 5 heterocycles. The molecule has 216 valence electrons. The maximum absolute atomic E-state index is 15.0. The Hall–Kier alpha value is -4.62. The third kappa shape index (κ3) is 5.74. The minimum absolute atomic E-state index is 0.0837. The Labute approximate surface area is 245 Å². The molecule has 14 heteroatoms. The molecular weight excluding hydrogens is 563 g/mol. The molecule has 0 aliphatic carbocycles. The van der Waals surface area contributed by atoms with Crippen molar-refractivity contribution in [3.63, 3.8) is 0 Å². The van der Waals surface area contributed by atoms with Crippen LogP contribution < -0.4 is 15.4 Å². The number of fused-ring (bicyclic) bond motifs is 1. The molecule has 1 unspecified atom stereocenters. The summed E-state index contributed by atoms with van der Waals surface area (Å²) in [6.07, 6.45) is 5.57. The summed E-state index contributed by atoms with van der Waals surface area (Å²) < 4.78 is 22.7. The monoisotopic (exact) mass is 590 g/mol. The Morgan fingerprint density at radius 2 is 2.10 bits per heavy atom. The quantitative estimate of drug-likeness (QED) is 0.224. The molecule has 0 radical (unpaired) electrons. The number of nitrogens with one attached hydrogen (secondary N) is 3. The van der Waals surface area contributed by atoms with Gasteiger partial charge < -0.3 is 20.4 Å². The van der Waals surface area contributed by atoms with E-state index >= 15 is 4.39 Å². The molecule has 0 spiro atoms. The highest BCUT2D eigenvalue weighted by Gasteiger charge is 2.27. The van der Waals surface area contributed by atoms with Crippen molar-refractivity contribution < 1.29 is 13.9 Å². The molecule has 1 amide bonds. The lowest BCUT2D eigenvalue weighted by molar-refractivity contribution is -0.117. The minimum atomic E-state index is -0.542. The molecule has 1 atom stereocenters. The van der Waals surface area contributed by atoms with Crippen molar-refractivity contribution in [1.29, 1.82) is 0 Å². The number of amides is 1. The van der Waals surface area contributed by atoms with E-state index in [2.05, 4.69) is 35.7 Å². The summed E-state index contributed by atoms with van der Waals surface area (Å²) in [5, 5.41) is 11.1. The molecule has 1 aliphatic heterocycles. The summed E-state index contributed by atoms with van der Waals surface area (Å²) in [7, 11) is 1.86. The normalized spacial score (nSPS) is 15.3. The molecule has 1 aromatic carbocycles. The van der Waals surface area contributed by atoms with Gasteiger partial charge in [0.25, 0.3) is 0 Å². The number of likely N-dealkylation sites (tertiary alicyclic amines) is 1. The highest BCUT2D eigenvalue weighted by Crippen LogP contribution is 2.35. The average Bonchev–Trinajstić information content (AvgIpc) is 3.65. The van der Waals surface area contributed by atoms with Gasteiger partial charge in [0.1, 0.15) is 17.6 Å². The van der Waals surface area contributed by atoms with Crippen LogP contribution in [-0.4, -0.2) is 71.2 Å². The van der Waals surface area contributed by atoms with Gasteiger partial charge in [-0.15, -0.1) is 0 Å². The zero-order valence-electron chi connectivity index (χ0n) is 23.2. The lowest BCUT2D eigenvalue weighted by Crippen LogP contribution is -2.33. The molecular formula is C28H28ClFN10O2. The fraction of sp³-hybridized carbons (Fsp3) is 0.286. The standard InChI is InChI=1S/C28H28ClFN10O2/c1-15-11-33-28(34-21-10-16(2)39(3)38-21)37-24(15)19-12-32-25-18(19)4-5-20(30)26(25)35-22(41)14-40-9-7-17(13-40)42-23-6-8-31-27(29)36-23/h4-6,8,10-12,17,32H,7,9,13-14H2,1-3H3,(H,35,41)(H,33,34,37,38). The van der Waals surface area contributed by atoms with Crippen LogP contribution in [0.25, 0.3) is 22.2 Å². The van der Waals surface area contributed by atoms with Crippen LogP contribution in [0.1, 0.15) is 17.7 Å². The van der Waals surface area contributed by atoms with E-state index in [1.54, 1.807) is 29.2 Å². The first kappa shape index (κ1) is 27.5. The van der Waals surface area contributed by atoms with Crippen molar-refractivity contribution in [1.82, 2.24) is 39.6 Å². The van der Waals surface area contributed by atoms with Crippen molar-refractivity contribution in [2.45, 2.75) is 26.4 Å². The van der Waals surface area contributed by atoms with Gasteiger partial charge in [-0.1, -0.05) is 0 Å². The van der Waals surface area contributed by atoms with Gasteiger partial charge in [-0.3, -0.25) is 14.4 Å². The maximum atomic E-state index is 15.0. The predicted octanol–water partition coefficient (Wildman–Crippen LogP) is 4.39. The van der Waals surface area contributed by atoms with E-state index in [0.717, 1.165) is 16.8 Å². The fourth-order valence-corrected chi connectivity index (χ4v) is 5.12. The number of anilines is 3. The Bertz CT molecular complexity index is 1770. The first-order valence-corrected chi connectivity index (χ1v) is 13.7. The Morgan fingerprint density at radius 1 is 1.24 bits per heavy atom. The molecule has 6 rings (SSSR count). The summed E-state index contributed by atoms with van der Waals surface area (Å²) in [6.45, 7) is 5.12. The number of hydrogen-bond donors (Lipinski definition) is 3. The van der Waals surface area contributed by atoms with Crippen molar-refractivity contribution in [3.8, 4) is 17.1 Å². The molecule has 0 bridgehead atoms. The predicted molar refractivity (Wildman–Crippen MR) is 156 cm³/mol. The smallest absolute Gasteiger partial charge is 0.238 e. The number of rotatable bonds is 8. The van der Waals surface area contributed by atoms with Crippen LogP contribution in [0.15, 0.2) is 42.9 Å². The van der Waals surface area contributed by atoms with Crippen LogP contribution in [-0.2, 0) is 11.8 Å². The fourth-order valence-electron chi connectivity index (χ4n) is 4.98. The van der Waals surface area contributed by atoms with E-state index in [0.29, 0.717) is 53.8 Å². The second-order valence-corrected chi connectivity index (χ2v) is 10.5. The van der Waals surface area contributed by atoms with Crippen molar-refractivity contribution in [3.05, 3.63) is 65.2 Å². The van der Waals surface area contributed by atoms with Gasteiger partial charge in [0, 0.05) is 67.5 Å². The highest BCUT2D eigenvalue weighted by molar-refractivity contribution is 6.28. The number of benzene rings is 1.